The number of hydrogen-bond donors (Lipinski definition) is 1. The number of rotatable bonds is 6. The number of non-ortho nitro benzene ring substituents is 1. The van der Waals surface area contributed by atoms with E-state index in [0.29, 0.717) is 12.4 Å². The standard InChI is InChI=1S/C15H16N2O3/c16-13-6-1-4-12(10-13)5-3-9-20-15-8-2-7-14(11-15)17(18)19/h1-2,4,6-8,10-11H,3,5,9,16H2. The normalized spacial score (nSPS) is 10.2. The number of nitrogens with zero attached hydrogens (tertiary/aromatic N) is 1. The Balaban J connectivity index is 1.81. The van der Waals surface area contributed by atoms with Gasteiger partial charge in [0.1, 0.15) is 5.75 Å². The number of nitrogens with two attached hydrogens (primary N) is 1. The molecule has 0 bridgehead atoms. The number of aryl methyl sites for hydroxylation is 1. The van der Waals surface area contributed by atoms with Crippen molar-refractivity contribution in [3.8, 4) is 5.75 Å². The zero-order valence-electron chi connectivity index (χ0n) is 11.0. The third-order valence-corrected chi connectivity index (χ3v) is 2.86. The van der Waals surface area contributed by atoms with Gasteiger partial charge in [0.2, 0.25) is 0 Å². The summed E-state index contributed by atoms with van der Waals surface area (Å²) in [6.45, 7) is 0.510. The van der Waals surface area contributed by atoms with Crippen LogP contribution in [0.3, 0.4) is 0 Å². The van der Waals surface area contributed by atoms with Gasteiger partial charge in [0, 0.05) is 11.8 Å². The van der Waals surface area contributed by atoms with Crippen molar-refractivity contribution in [2.24, 2.45) is 0 Å². The van der Waals surface area contributed by atoms with Crippen LogP contribution in [0.1, 0.15) is 12.0 Å². The van der Waals surface area contributed by atoms with Crippen molar-refractivity contribution in [1.29, 1.82) is 0 Å². The minimum Gasteiger partial charge on any atom is -0.493 e. The number of nitro benzene ring substituents is 1. The highest BCUT2D eigenvalue weighted by Gasteiger charge is 2.05. The summed E-state index contributed by atoms with van der Waals surface area (Å²) in [6, 6.07) is 13.9. The Labute approximate surface area is 117 Å². The van der Waals surface area contributed by atoms with Gasteiger partial charge < -0.3 is 10.5 Å². The van der Waals surface area contributed by atoms with Gasteiger partial charge in [-0.25, -0.2) is 0 Å². The number of nitrogen functional groups attached to an aromatic ring is 1. The first kappa shape index (κ1) is 13.9. The maximum atomic E-state index is 10.6. The molecule has 2 aromatic rings. The number of anilines is 1. The van der Waals surface area contributed by atoms with E-state index in [1.54, 1.807) is 12.1 Å². The van der Waals surface area contributed by atoms with Gasteiger partial charge in [-0.15, -0.1) is 0 Å². The molecule has 0 aromatic heterocycles. The van der Waals surface area contributed by atoms with Crippen molar-refractivity contribution in [3.63, 3.8) is 0 Å². The maximum Gasteiger partial charge on any atom is 0.273 e. The fraction of sp³-hybridized carbons (Fsp3) is 0.200. The van der Waals surface area contributed by atoms with E-state index in [0.717, 1.165) is 24.1 Å². The molecule has 0 aliphatic rings. The molecule has 20 heavy (non-hydrogen) atoms. The Morgan fingerprint density at radius 1 is 1.15 bits per heavy atom. The van der Waals surface area contributed by atoms with Crippen LogP contribution in [-0.2, 0) is 6.42 Å². The van der Waals surface area contributed by atoms with Crippen LogP contribution in [-0.4, -0.2) is 11.5 Å². The third kappa shape index (κ3) is 3.98. The predicted molar refractivity (Wildman–Crippen MR) is 77.8 cm³/mol. The Bertz CT molecular complexity index is 599. The van der Waals surface area contributed by atoms with Crippen LogP contribution in [0.4, 0.5) is 11.4 Å². The highest BCUT2D eigenvalue weighted by atomic mass is 16.6. The van der Waals surface area contributed by atoms with Gasteiger partial charge in [-0.05, 0) is 36.6 Å². The summed E-state index contributed by atoms with van der Waals surface area (Å²) in [7, 11) is 0. The van der Waals surface area contributed by atoms with Gasteiger partial charge in [-0.3, -0.25) is 10.1 Å². The zero-order valence-corrected chi connectivity index (χ0v) is 11.0. The predicted octanol–water partition coefficient (Wildman–Crippen LogP) is 3.19. The highest BCUT2D eigenvalue weighted by molar-refractivity contribution is 5.40. The average Bonchev–Trinajstić information content (AvgIpc) is 2.44. The lowest BCUT2D eigenvalue weighted by Crippen LogP contribution is -2.00. The van der Waals surface area contributed by atoms with Crippen LogP contribution in [0.25, 0.3) is 0 Å². The Hall–Kier alpha value is -2.56. The van der Waals surface area contributed by atoms with Crippen molar-refractivity contribution >= 4 is 11.4 Å². The molecule has 0 saturated carbocycles. The fourth-order valence-electron chi connectivity index (χ4n) is 1.90. The van der Waals surface area contributed by atoms with Crippen LogP contribution in [0.15, 0.2) is 48.5 Å². The van der Waals surface area contributed by atoms with Crippen molar-refractivity contribution in [2.45, 2.75) is 12.8 Å². The molecular weight excluding hydrogens is 256 g/mol. The van der Waals surface area contributed by atoms with Gasteiger partial charge in [0.15, 0.2) is 0 Å². The molecule has 104 valence electrons. The lowest BCUT2D eigenvalue weighted by molar-refractivity contribution is -0.384. The minimum absolute atomic E-state index is 0.0401. The molecule has 0 aliphatic carbocycles. The summed E-state index contributed by atoms with van der Waals surface area (Å²) >= 11 is 0. The quantitative estimate of drug-likeness (QED) is 0.379. The number of nitro groups is 1. The molecule has 0 spiro atoms. The van der Waals surface area contributed by atoms with Gasteiger partial charge in [-0.1, -0.05) is 18.2 Å². The maximum absolute atomic E-state index is 10.6. The SMILES string of the molecule is Nc1cccc(CCCOc2cccc([N+](=O)[O-])c2)c1. The molecule has 0 radical (unpaired) electrons. The third-order valence-electron chi connectivity index (χ3n) is 2.86. The Kier molecular flexibility index (Phi) is 4.55. The lowest BCUT2D eigenvalue weighted by atomic mass is 10.1. The number of hydrogen-bond acceptors (Lipinski definition) is 4. The van der Waals surface area contributed by atoms with Gasteiger partial charge >= 0.3 is 0 Å². The smallest absolute Gasteiger partial charge is 0.273 e. The molecule has 0 saturated heterocycles. The average molecular weight is 272 g/mol. The summed E-state index contributed by atoms with van der Waals surface area (Å²) in [6.07, 6.45) is 1.69. The van der Waals surface area contributed by atoms with E-state index in [9.17, 15) is 10.1 Å². The second kappa shape index (κ2) is 6.56. The summed E-state index contributed by atoms with van der Waals surface area (Å²) in [5.41, 5.74) is 7.66. The first-order valence-electron chi connectivity index (χ1n) is 6.37. The summed E-state index contributed by atoms with van der Waals surface area (Å²) in [5, 5.41) is 10.6. The molecule has 0 amide bonds. The first-order valence-corrected chi connectivity index (χ1v) is 6.37. The van der Waals surface area contributed by atoms with E-state index in [4.69, 9.17) is 10.5 Å². The van der Waals surface area contributed by atoms with Crippen molar-refractivity contribution in [3.05, 3.63) is 64.2 Å². The molecule has 0 aliphatic heterocycles. The van der Waals surface area contributed by atoms with E-state index < -0.39 is 4.92 Å². The van der Waals surface area contributed by atoms with Crippen LogP contribution in [0, 0.1) is 10.1 Å². The van der Waals surface area contributed by atoms with Crippen molar-refractivity contribution in [2.75, 3.05) is 12.3 Å². The summed E-state index contributed by atoms with van der Waals surface area (Å²) in [4.78, 5) is 10.2. The molecule has 2 N–H and O–H groups in total. The summed E-state index contributed by atoms with van der Waals surface area (Å²) in [5.74, 6) is 0.520. The van der Waals surface area contributed by atoms with E-state index in [1.165, 1.54) is 12.1 Å². The van der Waals surface area contributed by atoms with Gasteiger partial charge in [0.25, 0.3) is 5.69 Å². The molecule has 0 fully saturated rings. The van der Waals surface area contributed by atoms with Crippen LogP contribution < -0.4 is 10.5 Å². The minimum atomic E-state index is -0.431. The van der Waals surface area contributed by atoms with E-state index in [2.05, 4.69) is 0 Å². The van der Waals surface area contributed by atoms with Crippen LogP contribution in [0.5, 0.6) is 5.75 Å². The van der Waals surface area contributed by atoms with Gasteiger partial charge in [0.05, 0.1) is 17.6 Å². The zero-order chi connectivity index (χ0) is 14.4. The lowest BCUT2D eigenvalue weighted by Gasteiger charge is -2.06. The number of ether oxygens (including phenoxy) is 1. The van der Waals surface area contributed by atoms with E-state index in [-0.39, 0.29) is 5.69 Å². The second-order valence-corrected chi connectivity index (χ2v) is 4.45. The summed E-state index contributed by atoms with van der Waals surface area (Å²) < 4.78 is 5.51. The Morgan fingerprint density at radius 2 is 1.95 bits per heavy atom. The monoisotopic (exact) mass is 272 g/mol. The van der Waals surface area contributed by atoms with E-state index in [1.807, 2.05) is 24.3 Å². The van der Waals surface area contributed by atoms with Crippen LogP contribution in [0.2, 0.25) is 0 Å². The van der Waals surface area contributed by atoms with Gasteiger partial charge in [-0.2, -0.15) is 0 Å². The molecule has 5 nitrogen and oxygen atoms in total. The molecule has 5 heteroatoms. The molecule has 0 atom stereocenters. The van der Waals surface area contributed by atoms with Crippen molar-refractivity contribution < 1.29 is 9.66 Å². The molecule has 0 unspecified atom stereocenters. The number of benzene rings is 2. The highest BCUT2D eigenvalue weighted by Crippen LogP contribution is 2.19. The van der Waals surface area contributed by atoms with Crippen molar-refractivity contribution in [1.82, 2.24) is 0 Å². The Morgan fingerprint density at radius 3 is 2.70 bits per heavy atom. The molecule has 0 heterocycles. The fourth-order valence-corrected chi connectivity index (χ4v) is 1.90. The molecular formula is C15H16N2O3. The van der Waals surface area contributed by atoms with Crippen LogP contribution >= 0.6 is 0 Å². The van der Waals surface area contributed by atoms with E-state index >= 15 is 0 Å². The second-order valence-electron chi connectivity index (χ2n) is 4.45. The molecule has 2 aromatic carbocycles. The first-order chi connectivity index (χ1) is 9.65. The topological polar surface area (TPSA) is 78.4 Å². The largest absolute Gasteiger partial charge is 0.493 e. The molecule has 2 rings (SSSR count).